The summed E-state index contributed by atoms with van der Waals surface area (Å²) in [6.07, 6.45) is 3.91. The fraction of sp³-hybridized carbons (Fsp3) is 0.0606. The van der Waals surface area contributed by atoms with Crippen molar-refractivity contribution in [2.24, 2.45) is 0 Å². The summed E-state index contributed by atoms with van der Waals surface area (Å²) >= 11 is 1.26. The number of benzene rings is 4. The molecule has 7 rings (SSSR count). The van der Waals surface area contributed by atoms with E-state index in [1.54, 1.807) is 3.96 Å². The van der Waals surface area contributed by atoms with Gasteiger partial charge in [-0.25, -0.2) is 8.35 Å². The molecule has 3 aromatic heterocycles. The molecule has 0 unspecified atom stereocenters. The van der Waals surface area contributed by atoms with Crippen LogP contribution in [0.3, 0.4) is 0 Å². The van der Waals surface area contributed by atoms with Gasteiger partial charge >= 0.3 is 0 Å². The van der Waals surface area contributed by atoms with Crippen LogP contribution in [0, 0.1) is 12.7 Å². The summed E-state index contributed by atoms with van der Waals surface area (Å²) in [5.41, 5.74) is 6.37. The summed E-state index contributed by atoms with van der Waals surface area (Å²) in [6, 6.07) is 32.5. The highest BCUT2D eigenvalue weighted by Crippen LogP contribution is 2.27. The number of aromatic nitrogens is 3. The first-order valence-electron chi connectivity index (χ1n) is 12.8. The molecule has 0 amide bonds. The molecule has 0 aliphatic carbocycles. The Morgan fingerprint density at radius 2 is 1.73 bits per heavy atom. The summed E-state index contributed by atoms with van der Waals surface area (Å²) in [4.78, 5) is 18.7. The number of hydrogen-bond donors (Lipinski definition) is 2. The van der Waals surface area contributed by atoms with Crippen LogP contribution in [0.4, 0.5) is 4.39 Å². The Labute approximate surface area is 234 Å². The van der Waals surface area contributed by atoms with Crippen LogP contribution < -0.4 is 10.3 Å². The van der Waals surface area contributed by atoms with E-state index in [0.29, 0.717) is 16.7 Å². The Morgan fingerprint density at radius 1 is 0.900 bits per heavy atom. The first kappa shape index (κ1) is 25.4. The second-order valence-corrected chi connectivity index (χ2v) is 10.5. The first-order valence-corrected chi connectivity index (χ1v) is 13.6. The van der Waals surface area contributed by atoms with Gasteiger partial charge in [-0.05, 0) is 67.1 Å². The van der Waals surface area contributed by atoms with Crippen molar-refractivity contribution in [1.82, 2.24) is 13.9 Å². The maximum atomic E-state index is 13.1. The van der Waals surface area contributed by atoms with Crippen molar-refractivity contribution in [2.75, 3.05) is 0 Å². The lowest BCUT2D eigenvalue weighted by atomic mass is 10.2. The molecule has 3 heterocycles. The van der Waals surface area contributed by atoms with Crippen LogP contribution in [-0.2, 0) is 6.61 Å². The molecule has 0 saturated heterocycles. The molecule has 7 aromatic rings. The van der Waals surface area contributed by atoms with Gasteiger partial charge in [0.25, 0.3) is 5.56 Å². The van der Waals surface area contributed by atoms with Crippen molar-refractivity contribution in [3.8, 4) is 22.7 Å². The summed E-state index contributed by atoms with van der Waals surface area (Å²) < 4.78 is 21.3. The van der Waals surface area contributed by atoms with Crippen LogP contribution in [0.1, 0.15) is 11.1 Å². The fourth-order valence-electron chi connectivity index (χ4n) is 4.43. The van der Waals surface area contributed by atoms with Gasteiger partial charge < -0.3 is 14.7 Å². The van der Waals surface area contributed by atoms with Crippen molar-refractivity contribution in [3.63, 3.8) is 0 Å². The van der Waals surface area contributed by atoms with E-state index in [4.69, 9.17) is 4.74 Å². The molecule has 7 heteroatoms. The zero-order valence-corrected chi connectivity index (χ0v) is 22.5. The smallest absolute Gasteiger partial charge is 0.273 e. The highest BCUT2D eigenvalue weighted by atomic mass is 32.1. The predicted molar refractivity (Wildman–Crippen MR) is 161 cm³/mol. The van der Waals surface area contributed by atoms with Crippen molar-refractivity contribution >= 4 is 32.5 Å². The minimum atomic E-state index is -0.320. The molecule has 0 aliphatic heterocycles. The van der Waals surface area contributed by atoms with Crippen LogP contribution in [-0.4, -0.2) is 13.9 Å². The number of aromatic amines is 2. The largest absolute Gasteiger partial charge is 0.489 e. The molecule has 0 spiro atoms. The number of nitrogens with zero attached hydrogens (tertiary/aromatic N) is 1. The quantitative estimate of drug-likeness (QED) is 0.228. The van der Waals surface area contributed by atoms with E-state index >= 15 is 0 Å². The van der Waals surface area contributed by atoms with Gasteiger partial charge in [0, 0.05) is 40.6 Å². The highest BCUT2D eigenvalue weighted by molar-refractivity contribution is 7.14. The number of fused-ring (bicyclic) bond motifs is 2. The van der Waals surface area contributed by atoms with Crippen LogP contribution >= 0.6 is 11.5 Å². The van der Waals surface area contributed by atoms with Crippen molar-refractivity contribution in [2.45, 2.75) is 13.5 Å². The van der Waals surface area contributed by atoms with Gasteiger partial charge in [0.15, 0.2) is 0 Å². The minimum absolute atomic E-state index is 0.0983. The summed E-state index contributed by atoms with van der Waals surface area (Å²) in [6.45, 7) is 2.57. The second kappa shape index (κ2) is 11.1. The Morgan fingerprint density at radius 3 is 2.50 bits per heavy atom. The lowest BCUT2D eigenvalue weighted by molar-refractivity contribution is 0.306. The number of aryl methyl sites for hydroxylation is 1. The molecule has 0 radical (unpaired) electrons. The molecule has 40 heavy (non-hydrogen) atoms. The number of hydrogen-bond acceptors (Lipinski definition) is 3. The monoisotopic (exact) mass is 547 g/mol. The number of H-pyrrole nitrogens is 2. The normalized spacial score (nSPS) is 10.9. The highest BCUT2D eigenvalue weighted by Gasteiger charge is 2.10. The van der Waals surface area contributed by atoms with Crippen molar-refractivity contribution in [3.05, 3.63) is 143 Å². The van der Waals surface area contributed by atoms with Gasteiger partial charge in [-0.2, -0.15) is 0 Å². The van der Waals surface area contributed by atoms with E-state index in [9.17, 15) is 9.18 Å². The third-order valence-corrected chi connectivity index (χ3v) is 7.66. The number of ether oxygens (including phenoxy) is 1. The zero-order valence-electron chi connectivity index (χ0n) is 21.7. The molecule has 0 aliphatic rings. The van der Waals surface area contributed by atoms with E-state index in [2.05, 4.69) is 46.4 Å². The lowest BCUT2D eigenvalue weighted by Crippen LogP contribution is -2.10. The molecule has 5 nitrogen and oxygen atoms in total. The van der Waals surface area contributed by atoms with Crippen LogP contribution in [0.15, 0.2) is 120 Å². The van der Waals surface area contributed by atoms with Gasteiger partial charge in [0.2, 0.25) is 0 Å². The SMILES string of the molecule is Cc1ccc(-n2sc3cc(F)ccc3c2=O)cc1.c1ccc(COc2ccc3cc(-c4cc[nH]c4)[nH]c3c2)cc1. The van der Waals surface area contributed by atoms with E-state index in [0.717, 1.165) is 33.8 Å². The molecule has 0 atom stereocenters. The molecular formula is C33H26FN3O2S. The van der Waals surface area contributed by atoms with Gasteiger partial charge in [0.05, 0.1) is 15.8 Å². The van der Waals surface area contributed by atoms with E-state index in [-0.39, 0.29) is 11.4 Å². The Bertz CT molecular complexity index is 1940. The van der Waals surface area contributed by atoms with Gasteiger partial charge in [-0.3, -0.25) is 4.79 Å². The van der Waals surface area contributed by atoms with Crippen molar-refractivity contribution in [1.29, 1.82) is 0 Å². The first-order chi connectivity index (χ1) is 19.5. The standard InChI is InChI=1S/C19H16N2O.C14H10FNOS/c1-2-4-14(5-3-1)13-22-17-7-6-15-10-18(21-19(15)11-17)16-8-9-20-12-16;1-9-2-5-11(6-3-9)16-14(17)12-7-4-10(15)8-13(12)18-16/h1-12,20-21H,13H2;2-8H,1H3. The molecule has 0 fully saturated rings. The summed E-state index contributed by atoms with van der Waals surface area (Å²) in [5, 5.41) is 1.74. The van der Waals surface area contributed by atoms with Crippen LogP contribution in [0.2, 0.25) is 0 Å². The van der Waals surface area contributed by atoms with E-state index in [1.807, 2.05) is 67.8 Å². The van der Waals surface area contributed by atoms with Gasteiger partial charge in [-0.1, -0.05) is 59.6 Å². The molecular weight excluding hydrogens is 521 g/mol. The van der Waals surface area contributed by atoms with Gasteiger partial charge in [0.1, 0.15) is 18.2 Å². The number of rotatable bonds is 5. The number of halogens is 1. The van der Waals surface area contributed by atoms with E-state index in [1.165, 1.54) is 40.7 Å². The minimum Gasteiger partial charge on any atom is -0.489 e. The average molecular weight is 548 g/mol. The topological polar surface area (TPSA) is 62.8 Å². The third kappa shape index (κ3) is 5.46. The fourth-order valence-corrected chi connectivity index (χ4v) is 5.46. The maximum absolute atomic E-state index is 13.1. The Hall–Kier alpha value is -4.88. The third-order valence-electron chi connectivity index (χ3n) is 6.57. The predicted octanol–water partition coefficient (Wildman–Crippen LogP) is 8.24. The molecule has 4 aromatic carbocycles. The molecule has 198 valence electrons. The Kier molecular flexibility index (Phi) is 7.04. The summed E-state index contributed by atoms with van der Waals surface area (Å²) in [7, 11) is 0. The van der Waals surface area contributed by atoms with Gasteiger partial charge in [-0.15, -0.1) is 0 Å². The second-order valence-electron chi connectivity index (χ2n) is 9.47. The van der Waals surface area contributed by atoms with Crippen LogP contribution in [0.25, 0.3) is 37.9 Å². The van der Waals surface area contributed by atoms with E-state index < -0.39 is 0 Å². The summed E-state index contributed by atoms with van der Waals surface area (Å²) in [5.74, 6) is 0.554. The molecule has 2 N–H and O–H groups in total. The van der Waals surface area contributed by atoms with Crippen molar-refractivity contribution < 1.29 is 9.13 Å². The van der Waals surface area contributed by atoms with Crippen LogP contribution in [0.5, 0.6) is 5.75 Å². The lowest BCUT2D eigenvalue weighted by Gasteiger charge is -2.06. The maximum Gasteiger partial charge on any atom is 0.273 e. The number of nitrogens with one attached hydrogen (secondary N) is 2. The average Bonchev–Trinajstić information content (AvgIpc) is 3.72. The molecule has 0 saturated carbocycles. The Balaban J connectivity index is 0.000000148. The zero-order chi connectivity index (χ0) is 27.5. The molecule has 0 bridgehead atoms.